The number of aryl methyl sites for hydroxylation is 1. The molecule has 3 N–H and O–H groups in total. The number of benzene rings is 3. The summed E-state index contributed by atoms with van der Waals surface area (Å²) in [6.45, 7) is 7.92. The summed E-state index contributed by atoms with van der Waals surface area (Å²) in [7, 11) is 0. The summed E-state index contributed by atoms with van der Waals surface area (Å²) in [5.41, 5.74) is 3.66. The number of nitrogens with zero attached hydrogens (tertiary/aromatic N) is 2. The van der Waals surface area contributed by atoms with E-state index in [1.54, 1.807) is 26.8 Å². The molecule has 3 amide bonds. The number of amides is 3. The minimum absolute atomic E-state index is 0.00815. The minimum atomic E-state index is -0.807. The molecule has 5 rings (SSSR count). The van der Waals surface area contributed by atoms with Crippen molar-refractivity contribution in [2.24, 2.45) is 0 Å². The molecule has 13 heteroatoms. The van der Waals surface area contributed by atoms with Gasteiger partial charge in [-0.15, -0.1) is 11.3 Å². The van der Waals surface area contributed by atoms with Gasteiger partial charge in [0.05, 0.1) is 21.5 Å². The van der Waals surface area contributed by atoms with Crippen LogP contribution in [0.25, 0.3) is 11.3 Å². The molecule has 3 aromatic carbocycles. The van der Waals surface area contributed by atoms with Gasteiger partial charge in [0.1, 0.15) is 11.6 Å². The summed E-state index contributed by atoms with van der Waals surface area (Å²) in [4.78, 5) is 45.9. The number of carbonyl (C=O) groups is 3. The number of halogens is 2. The number of carbonyl (C=O) groups excluding carboxylic acids is 3. The van der Waals surface area contributed by atoms with Crippen molar-refractivity contribution in [2.75, 3.05) is 24.2 Å². The number of rotatable bonds is 13. The number of thioether (sulfide) groups is 1. The second-order valence-corrected chi connectivity index (χ2v) is 16.3. The van der Waals surface area contributed by atoms with E-state index in [0.717, 1.165) is 59.2 Å². The fourth-order valence-corrected chi connectivity index (χ4v) is 7.61. The first-order valence-electron chi connectivity index (χ1n) is 16.9. The third-order valence-electron chi connectivity index (χ3n) is 8.15. The van der Waals surface area contributed by atoms with Gasteiger partial charge in [-0.2, -0.15) is 0 Å². The van der Waals surface area contributed by atoms with Crippen molar-refractivity contribution in [3.8, 4) is 11.3 Å². The van der Waals surface area contributed by atoms with Crippen molar-refractivity contribution in [3.05, 3.63) is 99.3 Å². The van der Waals surface area contributed by atoms with E-state index >= 15 is 0 Å². The third-order valence-corrected chi connectivity index (χ3v) is 10.9. The fourth-order valence-electron chi connectivity index (χ4n) is 5.64. The summed E-state index contributed by atoms with van der Waals surface area (Å²) >= 11 is 15.1. The van der Waals surface area contributed by atoms with E-state index in [4.69, 9.17) is 32.9 Å². The Morgan fingerprint density at radius 3 is 2.47 bits per heavy atom. The van der Waals surface area contributed by atoms with Crippen LogP contribution in [0.5, 0.6) is 0 Å². The average molecular weight is 769 g/mol. The van der Waals surface area contributed by atoms with Gasteiger partial charge in [0, 0.05) is 42.3 Å². The third kappa shape index (κ3) is 12.5. The van der Waals surface area contributed by atoms with Crippen molar-refractivity contribution in [1.29, 1.82) is 0 Å². The number of anilines is 1. The van der Waals surface area contributed by atoms with Gasteiger partial charge in [-0.3, -0.25) is 14.5 Å². The van der Waals surface area contributed by atoms with E-state index in [-0.39, 0.29) is 23.6 Å². The van der Waals surface area contributed by atoms with E-state index in [9.17, 15) is 14.4 Å². The maximum atomic E-state index is 13.4. The van der Waals surface area contributed by atoms with E-state index < -0.39 is 17.7 Å². The predicted octanol–water partition coefficient (Wildman–Crippen LogP) is 8.45. The van der Waals surface area contributed by atoms with Crippen LogP contribution in [0.1, 0.15) is 51.2 Å². The lowest BCUT2D eigenvalue weighted by atomic mass is 10.0. The first-order chi connectivity index (χ1) is 24.4. The lowest BCUT2D eigenvalue weighted by Gasteiger charge is -2.32. The van der Waals surface area contributed by atoms with Crippen molar-refractivity contribution in [3.63, 3.8) is 0 Å². The van der Waals surface area contributed by atoms with Crippen LogP contribution in [-0.2, 0) is 27.3 Å². The zero-order chi connectivity index (χ0) is 36.4. The van der Waals surface area contributed by atoms with Gasteiger partial charge < -0.3 is 20.7 Å². The molecule has 1 aromatic heterocycles. The van der Waals surface area contributed by atoms with Gasteiger partial charge in [-0.1, -0.05) is 83.5 Å². The summed E-state index contributed by atoms with van der Waals surface area (Å²) in [5.74, 6) is -0.0699. The number of likely N-dealkylation sites (tertiary alicyclic amines) is 1. The molecule has 1 atom stereocenters. The van der Waals surface area contributed by atoms with Crippen LogP contribution in [0.15, 0.2) is 82.5 Å². The second kappa shape index (κ2) is 18.2. The SMILES string of the molecule is CC(C)(C)OC(=O)N[C@@H](CCc1ccccc1)C(=O)Nc1cccc(-c2csc(SCC(=O)NC3CCN(Cc4ccc(Cl)c(Cl)c4)CC3)n2)c1. The maximum absolute atomic E-state index is 13.4. The molecule has 1 aliphatic rings. The standard InChI is InChI=1S/C38H43Cl2N5O4S2/c1-38(2,3)49-36(48)43-32(15-13-25-8-5-4-6-9-25)35(47)42-29-11-7-10-27(21-29)33-23-50-37(44-33)51-24-34(46)41-28-16-18-45(19-17-28)22-26-12-14-30(39)31(40)20-26/h4-12,14,20-21,23,28,32H,13,15-19,22,24H2,1-3H3,(H,41,46)(H,42,47)(H,43,48)/t32-/m0/s1. The molecule has 9 nitrogen and oxygen atoms in total. The molecule has 0 unspecified atom stereocenters. The van der Waals surface area contributed by atoms with E-state index in [1.807, 2.05) is 72.1 Å². The lowest BCUT2D eigenvalue weighted by molar-refractivity contribution is -0.119. The molecule has 1 aliphatic heterocycles. The normalized spacial score (nSPS) is 14.5. The highest BCUT2D eigenvalue weighted by Gasteiger charge is 2.25. The van der Waals surface area contributed by atoms with Gasteiger partial charge in [0.2, 0.25) is 11.8 Å². The zero-order valence-corrected chi connectivity index (χ0v) is 32.1. The Kier molecular flexibility index (Phi) is 13.8. The van der Waals surface area contributed by atoms with Crippen LogP contribution < -0.4 is 16.0 Å². The number of piperidine rings is 1. The molecular formula is C38H43Cl2N5O4S2. The van der Waals surface area contributed by atoms with Gasteiger partial charge in [-0.05, 0) is 81.8 Å². The quantitative estimate of drug-likeness (QED) is 0.117. The summed E-state index contributed by atoms with van der Waals surface area (Å²) in [5, 5.41) is 11.9. The topological polar surface area (TPSA) is 113 Å². The molecule has 0 radical (unpaired) electrons. The van der Waals surface area contributed by atoms with E-state index in [2.05, 4.69) is 20.9 Å². The lowest BCUT2D eigenvalue weighted by Crippen LogP contribution is -2.46. The highest BCUT2D eigenvalue weighted by molar-refractivity contribution is 8.01. The smallest absolute Gasteiger partial charge is 0.408 e. The van der Waals surface area contributed by atoms with Crippen molar-refractivity contribution in [1.82, 2.24) is 20.5 Å². The van der Waals surface area contributed by atoms with Gasteiger partial charge in [-0.25, -0.2) is 9.78 Å². The zero-order valence-electron chi connectivity index (χ0n) is 28.9. The van der Waals surface area contributed by atoms with E-state index in [0.29, 0.717) is 28.6 Å². The minimum Gasteiger partial charge on any atom is -0.444 e. The number of hydrogen-bond acceptors (Lipinski definition) is 8. The van der Waals surface area contributed by atoms with Crippen LogP contribution in [-0.4, -0.2) is 64.3 Å². The number of thiazole rings is 1. The predicted molar refractivity (Wildman–Crippen MR) is 208 cm³/mol. The summed E-state index contributed by atoms with van der Waals surface area (Å²) < 4.78 is 6.21. The molecule has 2 heterocycles. The molecule has 0 spiro atoms. The first kappa shape index (κ1) is 38.6. The Bertz CT molecular complexity index is 1790. The van der Waals surface area contributed by atoms with Crippen LogP contribution in [0.3, 0.4) is 0 Å². The summed E-state index contributed by atoms with van der Waals surface area (Å²) in [6, 6.07) is 22.3. The first-order valence-corrected chi connectivity index (χ1v) is 19.5. The van der Waals surface area contributed by atoms with Crippen LogP contribution in [0.2, 0.25) is 10.0 Å². The summed E-state index contributed by atoms with van der Waals surface area (Å²) in [6.07, 6.45) is 2.13. The Morgan fingerprint density at radius 2 is 1.75 bits per heavy atom. The van der Waals surface area contributed by atoms with Crippen LogP contribution in [0.4, 0.5) is 10.5 Å². The highest BCUT2D eigenvalue weighted by atomic mass is 35.5. The molecule has 270 valence electrons. The number of nitrogens with one attached hydrogen (secondary N) is 3. The van der Waals surface area contributed by atoms with Gasteiger partial charge in [0.15, 0.2) is 4.34 Å². The molecule has 4 aromatic rings. The Labute approximate surface area is 317 Å². The number of alkyl carbamates (subject to hydrolysis) is 1. The number of aromatic nitrogens is 1. The van der Waals surface area contributed by atoms with Crippen molar-refractivity contribution >= 4 is 69.9 Å². The highest BCUT2D eigenvalue weighted by Crippen LogP contribution is 2.30. The monoisotopic (exact) mass is 767 g/mol. The number of ether oxygens (including phenoxy) is 1. The van der Waals surface area contributed by atoms with Crippen LogP contribution >= 0.6 is 46.3 Å². The van der Waals surface area contributed by atoms with Crippen LogP contribution in [0, 0.1) is 0 Å². The largest absolute Gasteiger partial charge is 0.444 e. The molecule has 0 aliphatic carbocycles. The molecule has 0 saturated carbocycles. The Hall–Kier alpha value is -3.61. The molecule has 1 saturated heterocycles. The fraction of sp³-hybridized carbons (Fsp3) is 0.368. The van der Waals surface area contributed by atoms with Crippen molar-refractivity contribution in [2.45, 2.75) is 75.0 Å². The van der Waals surface area contributed by atoms with Crippen molar-refractivity contribution < 1.29 is 19.1 Å². The average Bonchev–Trinajstić information content (AvgIpc) is 3.57. The van der Waals surface area contributed by atoms with E-state index in [1.165, 1.54) is 23.1 Å². The molecule has 51 heavy (non-hydrogen) atoms. The molecule has 0 bridgehead atoms. The van der Waals surface area contributed by atoms with Gasteiger partial charge >= 0.3 is 6.09 Å². The molecule has 1 fully saturated rings. The molecular weight excluding hydrogens is 725 g/mol. The Morgan fingerprint density at radius 1 is 0.980 bits per heavy atom. The number of hydrogen-bond donors (Lipinski definition) is 3. The Balaban J connectivity index is 1.10. The maximum Gasteiger partial charge on any atom is 0.408 e. The second-order valence-electron chi connectivity index (χ2n) is 13.4. The van der Waals surface area contributed by atoms with Gasteiger partial charge in [0.25, 0.3) is 0 Å².